The van der Waals surface area contributed by atoms with E-state index in [1.54, 1.807) is 12.1 Å². The number of nitrogens with two attached hydrogens (primary N) is 1. The van der Waals surface area contributed by atoms with Crippen molar-refractivity contribution in [3.8, 4) is 0 Å². The number of carbonyl (C=O) groups excluding carboxylic acids is 2. The molecule has 1 saturated heterocycles. The summed E-state index contributed by atoms with van der Waals surface area (Å²) in [6.07, 6.45) is 0.873. The summed E-state index contributed by atoms with van der Waals surface area (Å²) in [6, 6.07) is 4.76. The van der Waals surface area contributed by atoms with E-state index in [0.29, 0.717) is 24.3 Å². The quantitative estimate of drug-likeness (QED) is 0.826. The lowest BCUT2D eigenvalue weighted by Gasteiger charge is -2.30. The Hall–Kier alpha value is -1.58. The lowest BCUT2D eigenvalue weighted by molar-refractivity contribution is -0.122. The number of thioether (sulfide) groups is 1. The van der Waals surface area contributed by atoms with Crippen LogP contribution in [0.2, 0.25) is 0 Å². The number of nitrogens with one attached hydrogen (secondary N) is 1. The highest BCUT2D eigenvalue weighted by molar-refractivity contribution is 8.00. The molecule has 124 valence electrons. The van der Waals surface area contributed by atoms with Gasteiger partial charge in [0.15, 0.2) is 0 Å². The Balaban J connectivity index is 1.82. The van der Waals surface area contributed by atoms with Crippen molar-refractivity contribution < 1.29 is 18.0 Å². The Bertz CT molecular complexity index is 755. The Kier molecular flexibility index (Phi) is 4.35. The Morgan fingerprint density at radius 2 is 2.00 bits per heavy atom. The maximum atomic E-state index is 12.7. The summed E-state index contributed by atoms with van der Waals surface area (Å²) < 4.78 is 26.8. The molecule has 0 bridgehead atoms. The third-order valence-electron chi connectivity index (χ3n) is 4.08. The molecular weight excluding hydrogens is 338 g/mol. The van der Waals surface area contributed by atoms with Crippen molar-refractivity contribution in [1.29, 1.82) is 0 Å². The molecule has 2 amide bonds. The summed E-state index contributed by atoms with van der Waals surface area (Å²) in [4.78, 5) is 23.6. The maximum Gasteiger partial charge on any atom is 0.243 e. The minimum absolute atomic E-state index is 0.140. The molecule has 0 radical (unpaired) electrons. The number of carbonyl (C=O) groups is 2. The van der Waals surface area contributed by atoms with Gasteiger partial charge in [-0.15, -0.1) is 11.8 Å². The number of sulfonamides is 1. The van der Waals surface area contributed by atoms with Gasteiger partial charge in [0, 0.05) is 23.9 Å². The SMILES string of the molecule is NC(=O)C1CCN(S(=O)(=O)c2ccc3c(c2)NC(=O)CS3)CC1. The molecule has 3 N–H and O–H groups in total. The van der Waals surface area contributed by atoms with Gasteiger partial charge >= 0.3 is 0 Å². The van der Waals surface area contributed by atoms with E-state index in [0.717, 1.165) is 4.90 Å². The summed E-state index contributed by atoms with van der Waals surface area (Å²) in [5.41, 5.74) is 5.80. The Morgan fingerprint density at radius 1 is 1.30 bits per heavy atom. The van der Waals surface area contributed by atoms with Gasteiger partial charge in [0.1, 0.15) is 0 Å². The molecule has 0 aromatic heterocycles. The monoisotopic (exact) mass is 355 g/mol. The minimum Gasteiger partial charge on any atom is -0.369 e. The van der Waals surface area contributed by atoms with Crippen LogP contribution in [0.15, 0.2) is 28.0 Å². The number of piperidine rings is 1. The van der Waals surface area contributed by atoms with E-state index in [4.69, 9.17) is 5.73 Å². The number of primary amides is 1. The third kappa shape index (κ3) is 3.22. The van der Waals surface area contributed by atoms with Gasteiger partial charge < -0.3 is 11.1 Å². The minimum atomic E-state index is -3.64. The third-order valence-corrected chi connectivity index (χ3v) is 7.05. The highest BCUT2D eigenvalue weighted by Crippen LogP contribution is 2.34. The van der Waals surface area contributed by atoms with Gasteiger partial charge in [-0.2, -0.15) is 4.31 Å². The van der Waals surface area contributed by atoms with E-state index < -0.39 is 10.0 Å². The number of fused-ring (bicyclic) bond motifs is 1. The van der Waals surface area contributed by atoms with Crippen molar-refractivity contribution in [2.24, 2.45) is 11.7 Å². The van der Waals surface area contributed by atoms with Gasteiger partial charge in [-0.1, -0.05) is 0 Å². The first-order valence-corrected chi connectivity index (χ1v) is 9.66. The van der Waals surface area contributed by atoms with Crippen LogP contribution in [-0.2, 0) is 19.6 Å². The number of hydrogen-bond acceptors (Lipinski definition) is 5. The van der Waals surface area contributed by atoms with Gasteiger partial charge in [-0.3, -0.25) is 9.59 Å². The van der Waals surface area contributed by atoms with Crippen LogP contribution >= 0.6 is 11.8 Å². The summed E-state index contributed by atoms with van der Waals surface area (Å²) in [6.45, 7) is 0.544. The standard InChI is InChI=1S/C14H17N3O4S2/c15-14(19)9-3-5-17(6-4-9)23(20,21)10-1-2-12-11(7-10)16-13(18)8-22-12/h1-2,7,9H,3-6,8H2,(H2,15,19)(H,16,18). The lowest BCUT2D eigenvalue weighted by Crippen LogP contribution is -2.41. The molecule has 0 spiro atoms. The van der Waals surface area contributed by atoms with E-state index in [2.05, 4.69) is 5.32 Å². The molecule has 2 aliphatic rings. The summed E-state index contributed by atoms with van der Waals surface area (Å²) in [5.74, 6) is -0.449. The predicted octanol–water partition coefficient (Wildman–Crippen LogP) is 0.617. The number of amides is 2. The van der Waals surface area contributed by atoms with Crippen molar-refractivity contribution in [1.82, 2.24) is 4.31 Å². The average Bonchev–Trinajstić information content (AvgIpc) is 2.54. The second-order valence-electron chi connectivity index (χ2n) is 5.58. The second kappa shape index (κ2) is 6.14. The van der Waals surface area contributed by atoms with Gasteiger partial charge in [0.2, 0.25) is 21.8 Å². The molecule has 1 fully saturated rings. The first kappa shape index (κ1) is 16.3. The Morgan fingerprint density at radius 3 is 2.65 bits per heavy atom. The van der Waals surface area contributed by atoms with Crippen LogP contribution in [0.1, 0.15) is 12.8 Å². The normalized spacial score (nSPS) is 19.9. The van der Waals surface area contributed by atoms with Crippen LogP contribution in [0.5, 0.6) is 0 Å². The number of rotatable bonds is 3. The molecule has 3 rings (SSSR count). The van der Waals surface area contributed by atoms with E-state index in [9.17, 15) is 18.0 Å². The van der Waals surface area contributed by atoms with E-state index in [1.807, 2.05) is 0 Å². The second-order valence-corrected chi connectivity index (χ2v) is 8.53. The fourth-order valence-electron chi connectivity index (χ4n) is 2.75. The van der Waals surface area contributed by atoms with E-state index >= 15 is 0 Å². The zero-order valence-electron chi connectivity index (χ0n) is 12.3. The van der Waals surface area contributed by atoms with Crippen LogP contribution in [0.4, 0.5) is 5.69 Å². The molecule has 2 aliphatic heterocycles. The topological polar surface area (TPSA) is 110 Å². The molecule has 0 unspecified atom stereocenters. The number of anilines is 1. The molecule has 0 saturated carbocycles. The van der Waals surface area contributed by atoms with Crippen molar-refractivity contribution in [2.75, 3.05) is 24.2 Å². The van der Waals surface area contributed by atoms with Crippen LogP contribution in [-0.4, -0.2) is 43.4 Å². The molecule has 0 atom stereocenters. The molecule has 23 heavy (non-hydrogen) atoms. The molecule has 9 heteroatoms. The van der Waals surface area contributed by atoms with Gasteiger partial charge in [0.25, 0.3) is 0 Å². The highest BCUT2D eigenvalue weighted by atomic mass is 32.2. The fourth-order valence-corrected chi connectivity index (χ4v) is 5.04. The van der Waals surface area contributed by atoms with Crippen molar-refractivity contribution >= 4 is 39.3 Å². The van der Waals surface area contributed by atoms with Crippen molar-refractivity contribution in [2.45, 2.75) is 22.6 Å². The number of hydrogen-bond donors (Lipinski definition) is 2. The molecule has 1 aromatic carbocycles. The van der Waals surface area contributed by atoms with E-state index in [1.165, 1.54) is 22.1 Å². The van der Waals surface area contributed by atoms with Crippen molar-refractivity contribution in [3.05, 3.63) is 18.2 Å². The first-order valence-electron chi connectivity index (χ1n) is 7.24. The number of benzene rings is 1. The predicted molar refractivity (Wildman–Crippen MR) is 86.5 cm³/mol. The fraction of sp³-hybridized carbons (Fsp3) is 0.429. The van der Waals surface area contributed by atoms with Crippen LogP contribution in [0, 0.1) is 5.92 Å². The van der Waals surface area contributed by atoms with Gasteiger partial charge in [0.05, 0.1) is 16.3 Å². The largest absolute Gasteiger partial charge is 0.369 e. The van der Waals surface area contributed by atoms with Gasteiger partial charge in [-0.05, 0) is 31.0 Å². The van der Waals surface area contributed by atoms with Crippen LogP contribution in [0.25, 0.3) is 0 Å². The summed E-state index contributed by atoms with van der Waals surface area (Å²) in [7, 11) is -3.64. The average molecular weight is 355 g/mol. The van der Waals surface area contributed by atoms with Crippen LogP contribution in [0.3, 0.4) is 0 Å². The molecule has 7 nitrogen and oxygen atoms in total. The summed E-state index contributed by atoms with van der Waals surface area (Å²) in [5, 5.41) is 2.69. The molecular formula is C14H17N3O4S2. The highest BCUT2D eigenvalue weighted by Gasteiger charge is 2.32. The summed E-state index contributed by atoms with van der Waals surface area (Å²) >= 11 is 1.38. The first-order chi connectivity index (χ1) is 10.9. The molecule has 0 aliphatic carbocycles. The maximum absolute atomic E-state index is 12.7. The Labute approximate surface area is 138 Å². The molecule has 2 heterocycles. The van der Waals surface area contributed by atoms with Crippen LogP contribution < -0.4 is 11.1 Å². The molecule has 1 aromatic rings. The van der Waals surface area contributed by atoms with Crippen molar-refractivity contribution in [3.63, 3.8) is 0 Å². The number of nitrogens with zero attached hydrogens (tertiary/aromatic N) is 1. The zero-order valence-corrected chi connectivity index (χ0v) is 14.0. The smallest absolute Gasteiger partial charge is 0.243 e. The zero-order chi connectivity index (χ0) is 16.6. The van der Waals surface area contributed by atoms with Gasteiger partial charge in [-0.25, -0.2) is 8.42 Å². The lowest BCUT2D eigenvalue weighted by atomic mass is 9.98. The van der Waals surface area contributed by atoms with E-state index in [-0.39, 0.29) is 35.7 Å².